The summed E-state index contributed by atoms with van der Waals surface area (Å²) in [6.45, 7) is 4.79. The van der Waals surface area contributed by atoms with E-state index in [1.807, 2.05) is 32.0 Å². The molecule has 0 aromatic heterocycles. The lowest BCUT2D eigenvalue weighted by molar-refractivity contribution is -0.131. The molecule has 3 N–H and O–H groups in total. The summed E-state index contributed by atoms with van der Waals surface area (Å²) >= 11 is 0. The number of rotatable bonds is 8. The highest BCUT2D eigenvalue weighted by Crippen LogP contribution is 2.28. The van der Waals surface area contributed by atoms with Gasteiger partial charge in [0.05, 0.1) is 19.6 Å². The van der Waals surface area contributed by atoms with Crippen molar-refractivity contribution in [1.82, 2.24) is 5.32 Å². The van der Waals surface area contributed by atoms with Crippen molar-refractivity contribution in [3.63, 3.8) is 0 Å². The Morgan fingerprint density at radius 1 is 1.19 bits per heavy atom. The zero-order valence-corrected chi connectivity index (χ0v) is 13.4. The molecule has 0 bridgehead atoms. The Labute approximate surface area is 126 Å². The van der Waals surface area contributed by atoms with Gasteiger partial charge in [-0.25, -0.2) is 0 Å². The summed E-state index contributed by atoms with van der Waals surface area (Å²) in [5.41, 5.74) is 6.27. The van der Waals surface area contributed by atoms with Crippen LogP contribution >= 0.6 is 0 Å². The van der Waals surface area contributed by atoms with Crippen LogP contribution in [-0.2, 0) is 11.3 Å². The van der Waals surface area contributed by atoms with Crippen molar-refractivity contribution in [2.75, 3.05) is 20.8 Å². The number of nitrogens with one attached hydrogen (secondary N) is 1. The molecule has 5 heteroatoms. The molecule has 0 spiro atoms. The van der Waals surface area contributed by atoms with Gasteiger partial charge >= 0.3 is 0 Å². The first-order valence-electron chi connectivity index (χ1n) is 7.26. The van der Waals surface area contributed by atoms with Gasteiger partial charge in [0.15, 0.2) is 11.5 Å². The van der Waals surface area contributed by atoms with E-state index in [-0.39, 0.29) is 5.91 Å². The Balaban J connectivity index is 2.77. The zero-order chi connectivity index (χ0) is 15.9. The van der Waals surface area contributed by atoms with Crippen LogP contribution in [0.25, 0.3) is 0 Å². The quantitative estimate of drug-likeness (QED) is 0.770. The summed E-state index contributed by atoms with van der Waals surface area (Å²) in [6.07, 6.45) is 1.47. The number of benzene rings is 1. The molecule has 0 fully saturated rings. The van der Waals surface area contributed by atoms with Crippen LogP contribution in [0.3, 0.4) is 0 Å². The topological polar surface area (TPSA) is 73.6 Å². The minimum atomic E-state index is -0.476. The van der Waals surface area contributed by atoms with Gasteiger partial charge in [0, 0.05) is 13.1 Å². The van der Waals surface area contributed by atoms with Gasteiger partial charge < -0.3 is 20.5 Å². The Kier molecular flexibility index (Phi) is 6.49. The van der Waals surface area contributed by atoms with E-state index in [2.05, 4.69) is 5.32 Å². The SMILES string of the molecule is CCC(CC)(CN)C(=O)NCc1ccc(OC)c(OC)c1. The van der Waals surface area contributed by atoms with Crippen molar-refractivity contribution in [3.05, 3.63) is 23.8 Å². The molecule has 0 aliphatic carbocycles. The van der Waals surface area contributed by atoms with E-state index in [1.165, 1.54) is 0 Å². The molecule has 1 aromatic carbocycles. The lowest BCUT2D eigenvalue weighted by Gasteiger charge is -2.28. The highest BCUT2D eigenvalue weighted by atomic mass is 16.5. The average molecular weight is 294 g/mol. The number of hydrogen-bond donors (Lipinski definition) is 2. The standard InChI is InChI=1S/C16H26N2O3/c1-5-16(6-2,11-17)15(19)18-10-12-7-8-13(20-3)14(9-12)21-4/h7-9H,5-6,10-11,17H2,1-4H3,(H,18,19). The number of methoxy groups -OCH3 is 2. The van der Waals surface area contributed by atoms with Crippen molar-refractivity contribution >= 4 is 5.91 Å². The molecule has 0 saturated heterocycles. The largest absolute Gasteiger partial charge is 0.493 e. The molecule has 0 unspecified atom stereocenters. The normalized spacial score (nSPS) is 11.1. The van der Waals surface area contributed by atoms with Crippen LogP contribution < -0.4 is 20.5 Å². The van der Waals surface area contributed by atoms with E-state index in [0.29, 0.717) is 24.6 Å². The van der Waals surface area contributed by atoms with Gasteiger partial charge in [-0.2, -0.15) is 0 Å². The van der Waals surface area contributed by atoms with Crippen LogP contribution in [0.1, 0.15) is 32.3 Å². The fourth-order valence-corrected chi connectivity index (χ4v) is 2.31. The van der Waals surface area contributed by atoms with Gasteiger partial charge in [0.2, 0.25) is 5.91 Å². The van der Waals surface area contributed by atoms with Crippen LogP contribution in [0, 0.1) is 5.41 Å². The summed E-state index contributed by atoms with van der Waals surface area (Å²) in [7, 11) is 3.19. The van der Waals surface area contributed by atoms with Gasteiger partial charge in [-0.15, -0.1) is 0 Å². The molecule has 1 aromatic rings. The van der Waals surface area contributed by atoms with Crippen molar-refractivity contribution in [2.45, 2.75) is 33.2 Å². The third-order valence-electron chi connectivity index (χ3n) is 4.13. The molecule has 5 nitrogen and oxygen atoms in total. The third-order valence-corrected chi connectivity index (χ3v) is 4.13. The number of nitrogens with two attached hydrogens (primary N) is 1. The molecule has 0 aliphatic rings. The molecule has 0 aliphatic heterocycles. The lowest BCUT2D eigenvalue weighted by atomic mass is 9.81. The van der Waals surface area contributed by atoms with Gasteiger partial charge in [-0.05, 0) is 30.5 Å². The minimum absolute atomic E-state index is 0.00443. The van der Waals surface area contributed by atoms with E-state index in [0.717, 1.165) is 18.4 Å². The molecule has 1 amide bonds. The maximum atomic E-state index is 12.4. The first-order chi connectivity index (χ1) is 10.1. The minimum Gasteiger partial charge on any atom is -0.493 e. The summed E-state index contributed by atoms with van der Waals surface area (Å²) in [6, 6.07) is 5.60. The third kappa shape index (κ3) is 3.88. The summed E-state index contributed by atoms with van der Waals surface area (Å²) < 4.78 is 10.5. The highest BCUT2D eigenvalue weighted by Gasteiger charge is 2.32. The van der Waals surface area contributed by atoms with Gasteiger partial charge in [-0.3, -0.25) is 4.79 Å². The monoisotopic (exact) mass is 294 g/mol. The second-order valence-corrected chi connectivity index (χ2v) is 5.06. The molecule has 0 saturated carbocycles. The molecule has 118 valence electrons. The predicted molar refractivity (Wildman–Crippen MR) is 83.5 cm³/mol. The first kappa shape index (κ1) is 17.3. The van der Waals surface area contributed by atoms with E-state index in [9.17, 15) is 4.79 Å². The summed E-state index contributed by atoms with van der Waals surface area (Å²) in [4.78, 5) is 12.4. The fourth-order valence-electron chi connectivity index (χ4n) is 2.31. The number of amides is 1. The van der Waals surface area contributed by atoms with Crippen LogP contribution in [-0.4, -0.2) is 26.7 Å². The average Bonchev–Trinajstić information content (AvgIpc) is 2.54. The van der Waals surface area contributed by atoms with Gasteiger partial charge in [0.1, 0.15) is 0 Å². The second-order valence-electron chi connectivity index (χ2n) is 5.06. The van der Waals surface area contributed by atoms with Crippen molar-refractivity contribution in [1.29, 1.82) is 0 Å². The van der Waals surface area contributed by atoms with Crippen LogP contribution in [0.15, 0.2) is 18.2 Å². The fraction of sp³-hybridized carbons (Fsp3) is 0.562. The predicted octanol–water partition coefficient (Wildman–Crippen LogP) is 2.09. The van der Waals surface area contributed by atoms with E-state index in [1.54, 1.807) is 14.2 Å². The van der Waals surface area contributed by atoms with Crippen molar-refractivity contribution in [3.8, 4) is 11.5 Å². The smallest absolute Gasteiger partial charge is 0.227 e. The van der Waals surface area contributed by atoms with Gasteiger partial charge in [0.25, 0.3) is 0 Å². The summed E-state index contributed by atoms with van der Waals surface area (Å²) in [5, 5.41) is 2.97. The number of ether oxygens (including phenoxy) is 2. The van der Waals surface area contributed by atoms with E-state index >= 15 is 0 Å². The van der Waals surface area contributed by atoms with Crippen molar-refractivity contribution < 1.29 is 14.3 Å². The molecule has 1 rings (SSSR count). The second kappa shape index (κ2) is 7.88. The molecule has 0 radical (unpaired) electrons. The molecule has 0 atom stereocenters. The Bertz CT molecular complexity index is 462. The van der Waals surface area contributed by atoms with E-state index in [4.69, 9.17) is 15.2 Å². The lowest BCUT2D eigenvalue weighted by Crippen LogP contribution is -2.45. The maximum absolute atomic E-state index is 12.4. The Morgan fingerprint density at radius 3 is 2.29 bits per heavy atom. The van der Waals surface area contributed by atoms with Crippen LogP contribution in [0.4, 0.5) is 0 Å². The molecular formula is C16H26N2O3. The number of hydrogen-bond acceptors (Lipinski definition) is 4. The van der Waals surface area contributed by atoms with Crippen LogP contribution in [0.2, 0.25) is 0 Å². The first-order valence-corrected chi connectivity index (χ1v) is 7.26. The van der Waals surface area contributed by atoms with E-state index < -0.39 is 5.41 Å². The van der Waals surface area contributed by atoms with Crippen molar-refractivity contribution in [2.24, 2.45) is 11.1 Å². The summed E-state index contributed by atoms with van der Waals surface area (Å²) in [5.74, 6) is 1.33. The Hall–Kier alpha value is -1.75. The molecular weight excluding hydrogens is 268 g/mol. The van der Waals surface area contributed by atoms with Crippen LogP contribution in [0.5, 0.6) is 11.5 Å². The van der Waals surface area contributed by atoms with Gasteiger partial charge in [-0.1, -0.05) is 19.9 Å². The molecule has 0 heterocycles. The highest BCUT2D eigenvalue weighted by molar-refractivity contribution is 5.82. The zero-order valence-electron chi connectivity index (χ0n) is 13.4. The number of carbonyl (C=O) groups excluding carboxylic acids is 1. The molecule has 21 heavy (non-hydrogen) atoms. The maximum Gasteiger partial charge on any atom is 0.227 e. The number of carbonyl (C=O) groups is 1. The Morgan fingerprint density at radius 2 is 1.81 bits per heavy atom.